The molecule has 0 aliphatic carbocycles. The van der Waals surface area contributed by atoms with Gasteiger partial charge in [0.25, 0.3) is 0 Å². The molecule has 2 aliphatic rings. The number of sulfonamides is 1. The molecule has 1 atom stereocenters. The molecule has 1 aromatic heterocycles. The molecule has 2 N–H and O–H groups in total. The summed E-state index contributed by atoms with van der Waals surface area (Å²) >= 11 is 3.60. The fourth-order valence-electron chi connectivity index (χ4n) is 3.61. The number of hydrogen-bond donors (Lipinski definition) is 2. The number of hydrogen-bond acceptors (Lipinski definition) is 6. The summed E-state index contributed by atoms with van der Waals surface area (Å²) in [7, 11) is -1.47. The van der Waals surface area contributed by atoms with Crippen LogP contribution in [0.4, 0.5) is 0 Å². The third-order valence-electron chi connectivity index (χ3n) is 5.16. The molecule has 0 aromatic carbocycles. The lowest BCUT2D eigenvalue weighted by atomic mass is 10.2. The third kappa shape index (κ3) is 7.53. The maximum atomic E-state index is 12.5. The Balaban J connectivity index is 0.00000300. The molecule has 1 unspecified atom stereocenters. The lowest BCUT2D eigenvalue weighted by Crippen LogP contribution is -2.45. The zero-order valence-corrected chi connectivity index (χ0v) is 21.7. The van der Waals surface area contributed by atoms with Crippen molar-refractivity contribution in [2.45, 2.75) is 18.9 Å². The fraction of sp³-hybridized carbons (Fsp3) is 0.722. The van der Waals surface area contributed by atoms with Crippen LogP contribution >= 0.6 is 47.1 Å². The average molecular weight is 574 g/mol. The highest BCUT2D eigenvalue weighted by Gasteiger charge is 2.25. The number of thiophene rings is 1. The predicted octanol–water partition coefficient (Wildman–Crippen LogP) is 2.05. The van der Waals surface area contributed by atoms with Gasteiger partial charge in [0.15, 0.2) is 5.96 Å². The van der Waals surface area contributed by atoms with Crippen LogP contribution in [0.5, 0.6) is 0 Å². The molecule has 166 valence electrons. The van der Waals surface area contributed by atoms with Gasteiger partial charge in [-0.05, 0) is 37.4 Å². The Bertz CT molecular complexity index is 718. The minimum absolute atomic E-state index is 0. The summed E-state index contributed by atoms with van der Waals surface area (Å²) in [5, 5.41) is 8.68. The fourth-order valence-corrected chi connectivity index (χ4v) is 6.96. The molecule has 2 saturated heterocycles. The van der Waals surface area contributed by atoms with Crippen molar-refractivity contribution >= 4 is 63.1 Å². The summed E-state index contributed by atoms with van der Waals surface area (Å²) in [6, 6.07) is 4.62. The average Bonchev–Trinajstić information content (AvgIpc) is 3.42. The van der Waals surface area contributed by atoms with E-state index < -0.39 is 10.0 Å². The second kappa shape index (κ2) is 12.7. The van der Waals surface area contributed by atoms with Gasteiger partial charge >= 0.3 is 0 Å². The summed E-state index contributed by atoms with van der Waals surface area (Å²) in [4.78, 5) is 8.14. The van der Waals surface area contributed by atoms with Gasteiger partial charge in [0.1, 0.15) is 0 Å². The first-order chi connectivity index (χ1) is 13.6. The van der Waals surface area contributed by atoms with Crippen molar-refractivity contribution in [3.8, 4) is 0 Å². The van der Waals surface area contributed by atoms with Crippen molar-refractivity contribution in [2.24, 2.45) is 4.99 Å². The van der Waals surface area contributed by atoms with Crippen molar-refractivity contribution in [3.05, 3.63) is 22.4 Å². The van der Waals surface area contributed by atoms with E-state index in [0.29, 0.717) is 31.6 Å². The zero-order chi connectivity index (χ0) is 19.8. The van der Waals surface area contributed by atoms with Gasteiger partial charge in [0.05, 0.1) is 11.8 Å². The molecule has 0 bridgehead atoms. The maximum Gasteiger partial charge on any atom is 0.215 e. The molecule has 0 saturated carbocycles. The molecule has 2 fully saturated rings. The van der Waals surface area contributed by atoms with Gasteiger partial charge in [-0.3, -0.25) is 9.89 Å². The zero-order valence-electron chi connectivity index (χ0n) is 16.9. The Labute approximate surface area is 200 Å². The highest BCUT2D eigenvalue weighted by Crippen LogP contribution is 2.27. The van der Waals surface area contributed by atoms with Gasteiger partial charge in [-0.1, -0.05) is 6.07 Å². The van der Waals surface area contributed by atoms with Gasteiger partial charge in [0.2, 0.25) is 10.0 Å². The molecule has 0 radical (unpaired) electrons. The molecule has 0 spiro atoms. The van der Waals surface area contributed by atoms with E-state index in [9.17, 15) is 8.42 Å². The van der Waals surface area contributed by atoms with E-state index in [1.807, 2.05) is 11.8 Å². The summed E-state index contributed by atoms with van der Waals surface area (Å²) in [6.07, 6.45) is 2.50. The van der Waals surface area contributed by atoms with E-state index in [-0.39, 0.29) is 29.7 Å². The first-order valence-corrected chi connectivity index (χ1v) is 13.5. The lowest BCUT2D eigenvalue weighted by molar-refractivity contribution is 0.249. The van der Waals surface area contributed by atoms with Crippen molar-refractivity contribution in [2.75, 3.05) is 63.6 Å². The van der Waals surface area contributed by atoms with Crippen molar-refractivity contribution < 1.29 is 8.42 Å². The topological polar surface area (TPSA) is 77.0 Å². The lowest BCUT2D eigenvalue weighted by Gasteiger charge is -2.28. The van der Waals surface area contributed by atoms with Gasteiger partial charge in [-0.15, -0.1) is 35.3 Å². The number of likely N-dealkylation sites (tertiary alicyclic amines) is 1. The Morgan fingerprint density at radius 3 is 2.55 bits per heavy atom. The molecule has 3 rings (SSSR count). The quantitative estimate of drug-likeness (QED) is 0.282. The number of thioether (sulfide) groups is 1. The smallest absolute Gasteiger partial charge is 0.215 e. The highest BCUT2D eigenvalue weighted by atomic mass is 127. The molecule has 0 amide bonds. The van der Waals surface area contributed by atoms with Crippen molar-refractivity contribution in [1.29, 1.82) is 0 Å². The minimum atomic E-state index is -3.20. The Morgan fingerprint density at radius 1 is 1.21 bits per heavy atom. The SMILES string of the molecule is CN=C(NCCS(=O)(=O)N1CCSCC1)NCC(c1cccs1)N1CCCC1.I. The van der Waals surface area contributed by atoms with Crippen LogP contribution < -0.4 is 10.6 Å². The van der Waals surface area contributed by atoms with Crippen LogP contribution in [0.15, 0.2) is 22.5 Å². The summed E-state index contributed by atoms with van der Waals surface area (Å²) < 4.78 is 26.5. The highest BCUT2D eigenvalue weighted by molar-refractivity contribution is 14.0. The molecule has 11 heteroatoms. The summed E-state index contributed by atoms with van der Waals surface area (Å²) in [6.45, 7) is 4.62. The van der Waals surface area contributed by atoms with Crippen LogP contribution in [0.2, 0.25) is 0 Å². The molecule has 3 heterocycles. The van der Waals surface area contributed by atoms with E-state index in [1.165, 1.54) is 17.7 Å². The molecular weight excluding hydrogens is 541 g/mol. The van der Waals surface area contributed by atoms with Gasteiger partial charge in [0, 0.05) is 49.6 Å². The standard InChI is InChI=1S/C18H31N5O2S3.HI/c1-19-18(20-6-14-28(24,25)23-9-12-26-13-10-23)21-15-16(17-5-4-11-27-17)22-7-2-3-8-22;/h4-5,11,16H,2-3,6-10,12-15H2,1H3,(H2,19,20,21);1H. The molecule has 7 nitrogen and oxygen atoms in total. The van der Waals surface area contributed by atoms with Crippen LogP contribution in [-0.2, 0) is 10.0 Å². The second-order valence-corrected chi connectivity index (χ2v) is 11.3. The van der Waals surface area contributed by atoms with E-state index >= 15 is 0 Å². The Hall–Kier alpha value is -0.0800. The van der Waals surface area contributed by atoms with Crippen LogP contribution in [0.25, 0.3) is 0 Å². The van der Waals surface area contributed by atoms with E-state index in [0.717, 1.165) is 31.1 Å². The van der Waals surface area contributed by atoms with Gasteiger partial charge in [-0.25, -0.2) is 12.7 Å². The third-order valence-corrected chi connectivity index (χ3v) is 8.94. The number of nitrogens with zero attached hydrogens (tertiary/aromatic N) is 3. The normalized spacial score (nSPS) is 20.2. The molecule has 2 aliphatic heterocycles. The largest absolute Gasteiger partial charge is 0.355 e. The summed E-state index contributed by atoms with van der Waals surface area (Å²) in [5.74, 6) is 2.52. The maximum absolute atomic E-state index is 12.5. The Morgan fingerprint density at radius 2 is 1.93 bits per heavy atom. The van der Waals surface area contributed by atoms with E-state index in [2.05, 4.69) is 38.0 Å². The number of nitrogens with one attached hydrogen (secondary N) is 2. The van der Waals surface area contributed by atoms with Crippen LogP contribution in [0, 0.1) is 0 Å². The van der Waals surface area contributed by atoms with Crippen LogP contribution in [0.3, 0.4) is 0 Å². The van der Waals surface area contributed by atoms with Crippen LogP contribution in [0.1, 0.15) is 23.8 Å². The number of guanidine groups is 1. The van der Waals surface area contributed by atoms with Gasteiger partial charge in [-0.2, -0.15) is 11.8 Å². The van der Waals surface area contributed by atoms with Crippen LogP contribution in [-0.4, -0.2) is 87.2 Å². The van der Waals surface area contributed by atoms with Crippen molar-refractivity contribution in [1.82, 2.24) is 19.8 Å². The first-order valence-electron chi connectivity index (χ1n) is 9.88. The second-order valence-electron chi connectivity index (χ2n) is 6.98. The molecule has 1 aromatic rings. The number of aliphatic imine (C=N–C) groups is 1. The number of halogens is 1. The first kappa shape index (κ1) is 25.2. The number of rotatable bonds is 8. The molecule has 29 heavy (non-hydrogen) atoms. The monoisotopic (exact) mass is 573 g/mol. The molecular formula is C18H32IN5O2S3. The van der Waals surface area contributed by atoms with E-state index in [4.69, 9.17) is 0 Å². The van der Waals surface area contributed by atoms with Gasteiger partial charge < -0.3 is 10.6 Å². The predicted molar refractivity (Wildman–Crippen MR) is 135 cm³/mol. The van der Waals surface area contributed by atoms with E-state index in [1.54, 1.807) is 22.7 Å². The van der Waals surface area contributed by atoms with Crippen molar-refractivity contribution in [3.63, 3.8) is 0 Å². The Kier molecular flexibility index (Phi) is 11.0. The minimum Gasteiger partial charge on any atom is -0.355 e. The summed E-state index contributed by atoms with van der Waals surface area (Å²) in [5.41, 5.74) is 0.